The molecule has 3 heterocycles. The van der Waals surface area contributed by atoms with Crippen LogP contribution in [0.1, 0.15) is 30.3 Å². The molecule has 3 aromatic heterocycles. The summed E-state index contributed by atoms with van der Waals surface area (Å²) in [4.78, 5) is 49.5. The molecule has 4 rings (SSSR count). The van der Waals surface area contributed by atoms with Crippen LogP contribution < -0.4 is 16.6 Å². The highest BCUT2D eigenvalue weighted by Crippen LogP contribution is 2.21. The first-order chi connectivity index (χ1) is 16.3. The van der Waals surface area contributed by atoms with Crippen molar-refractivity contribution >= 4 is 16.8 Å². The number of fused-ring (bicyclic) bond motifs is 1. The van der Waals surface area contributed by atoms with Crippen molar-refractivity contribution in [3.8, 4) is 5.75 Å². The van der Waals surface area contributed by atoms with Gasteiger partial charge < -0.3 is 15.4 Å². The molecular weight excluding hydrogens is 448 g/mol. The summed E-state index contributed by atoms with van der Waals surface area (Å²) >= 11 is 0. The van der Waals surface area contributed by atoms with Crippen molar-refractivity contribution in [3.63, 3.8) is 0 Å². The lowest BCUT2D eigenvalue weighted by Crippen LogP contribution is -2.46. The van der Waals surface area contributed by atoms with Crippen LogP contribution >= 0.6 is 0 Å². The summed E-state index contributed by atoms with van der Waals surface area (Å²) in [6.07, 6.45) is 3.72. The smallest absolute Gasteiger partial charge is 0.329 e. The van der Waals surface area contributed by atoms with Crippen LogP contribution in [0.2, 0.25) is 0 Å². The van der Waals surface area contributed by atoms with Crippen LogP contribution in [0.5, 0.6) is 5.75 Å². The molecule has 0 saturated carbocycles. The number of nitrogens with one attached hydrogen (secondary N) is 2. The van der Waals surface area contributed by atoms with Crippen molar-refractivity contribution < 1.29 is 18.7 Å². The lowest BCUT2D eigenvalue weighted by molar-refractivity contribution is -0.125. The molecule has 0 spiro atoms. The zero-order chi connectivity index (χ0) is 24.4. The SMILES string of the molecule is C[C@@H](NC(=O)[C@H](Cc1ccncc1)n1c(=O)[nH]c2cccc(O)c2c1=O)c1ncc(F)cc1F. The van der Waals surface area contributed by atoms with Gasteiger partial charge in [0.15, 0.2) is 0 Å². The van der Waals surface area contributed by atoms with Gasteiger partial charge >= 0.3 is 5.69 Å². The summed E-state index contributed by atoms with van der Waals surface area (Å²) in [5, 5.41) is 12.6. The molecule has 2 atom stereocenters. The molecule has 3 N–H and O–H groups in total. The predicted octanol–water partition coefficient (Wildman–Crippen LogP) is 2.12. The Hall–Kier alpha value is -4.41. The van der Waals surface area contributed by atoms with Gasteiger partial charge in [-0.15, -0.1) is 0 Å². The lowest BCUT2D eigenvalue weighted by Gasteiger charge is -2.22. The van der Waals surface area contributed by atoms with Crippen molar-refractivity contribution in [2.75, 3.05) is 0 Å². The summed E-state index contributed by atoms with van der Waals surface area (Å²) in [7, 11) is 0. The minimum Gasteiger partial charge on any atom is -0.507 e. The molecule has 0 aliphatic rings. The average molecular weight is 467 g/mol. The normalized spacial score (nSPS) is 12.9. The van der Waals surface area contributed by atoms with Gasteiger partial charge in [0, 0.05) is 24.9 Å². The molecule has 1 aromatic carbocycles. The first kappa shape index (κ1) is 22.8. The quantitative estimate of drug-likeness (QED) is 0.398. The number of rotatable bonds is 6. The van der Waals surface area contributed by atoms with Crippen LogP contribution in [0.3, 0.4) is 0 Å². The van der Waals surface area contributed by atoms with Crippen molar-refractivity contribution in [2.45, 2.75) is 25.4 Å². The number of H-pyrrole nitrogens is 1. The summed E-state index contributed by atoms with van der Waals surface area (Å²) in [5.74, 6) is -2.97. The molecule has 1 amide bonds. The topological polar surface area (TPSA) is 130 Å². The van der Waals surface area contributed by atoms with E-state index in [0.29, 0.717) is 16.2 Å². The number of phenolic OH excluding ortho intramolecular Hbond substituents is 1. The molecule has 4 aromatic rings. The third-order valence-electron chi connectivity index (χ3n) is 5.33. The fourth-order valence-electron chi connectivity index (χ4n) is 3.71. The van der Waals surface area contributed by atoms with Crippen molar-refractivity contribution in [2.24, 2.45) is 0 Å². The summed E-state index contributed by atoms with van der Waals surface area (Å²) in [5.41, 5.74) is -1.24. The van der Waals surface area contributed by atoms with E-state index in [-0.39, 0.29) is 28.8 Å². The van der Waals surface area contributed by atoms with E-state index in [2.05, 4.69) is 20.3 Å². The molecule has 0 bridgehead atoms. The molecule has 11 heteroatoms. The fraction of sp³-hybridized carbons (Fsp3) is 0.174. The number of aromatic hydroxyl groups is 1. The Labute approximate surface area is 190 Å². The minimum absolute atomic E-state index is 0.0809. The van der Waals surface area contributed by atoms with Crippen LogP contribution in [-0.4, -0.2) is 30.5 Å². The first-order valence-corrected chi connectivity index (χ1v) is 10.2. The average Bonchev–Trinajstić information content (AvgIpc) is 2.78. The van der Waals surface area contributed by atoms with E-state index < -0.39 is 40.9 Å². The van der Waals surface area contributed by atoms with Crippen LogP contribution in [-0.2, 0) is 11.2 Å². The van der Waals surface area contributed by atoms with Gasteiger partial charge in [-0.2, -0.15) is 0 Å². The standard InChI is InChI=1S/C23H19F2N5O4/c1-12(20-15(25)10-14(24)11-27-20)28-21(32)17(9-13-5-7-26-8-6-13)30-22(33)19-16(29-23(30)34)3-2-4-18(19)31/h2-8,10-12,17,31H,9H2,1H3,(H,28,32)(H,29,34)/t12-,17+/m1/s1. The molecule has 0 fully saturated rings. The third-order valence-corrected chi connectivity index (χ3v) is 5.33. The van der Waals surface area contributed by atoms with Gasteiger partial charge in [0.05, 0.1) is 23.4 Å². The number of phenols is 1. The number of carbonyl (C=O) groups is 1. The van der Waals surface area contributed by atoms with Crippen LogP contribution in [0.4, 0.5) is 8.78 Å². The first-order valence-electron chi connectivity index (χ1n) is 10.2. The number of benzene rings is 1. The van der Waals surface area contributed by atoms with Gasteiger partial charge in [-0.05, 0) is 36.8 Å². The molecule has 0 aliphatic carbocycles. The van der Waals surface area contributed by atoms with E-state index in [4.69, 9.17) is 0 Å². The Balaban J connectivity index is 1.79. The van der Waals surface area contributed by atoms with Gasteiger partial charge in [-0.25, -0.2) is 18.1 Å². The molecule has 0 aliphatic heterocycles. The second kappa shape index (κ2) is 9.22. The van der Waals surface area contributed by atoms with Gasteiger partial charge in [0.2, 0.25) is 5.91 Å². The highest BCUT2D eigenvalue weighted by Gasteiger charge is 2.28. The summed E-state index contributed by atoms with van der Waals surface area (Å²) < 4.78 is 28.1. The zero-order valence-corrected chi connectivity index (χ0v) is 17.8. The largest absolute Gasteiger partial charge is 0.507 e. The number of hydrogen-bond acceptors (Lipinski definition) is 6. The maximum atomic E-state index is 14.2. The Morgan fingerprint density at radius 2 is 1.94 bits per heavy atom. The van der Waals surface area contributed by atoms with E-state index in [1.807, 2.05) is 0 Å². The van der Waals surface area contributed by atoms with Crippen molar-refractivity contribution in [3.05, 3.63) is 98.7 Å². The molecule has 34 heavy (non-hydrogen) atoms. The van der Waals surface area contributed by atoms with Gasteiger partial charge in [-0.1, -0.05) is 6.07 Å². The number of nitrogens with zero attached hydrogens (tertiary/aromatic N) is 3. The number of carbonyl (C=O) groups excluding carboxylic acids is 1. The minimum atomic E-state index is -1.37. The maximum Gasteiger partial charge on any atom is 0.329 e. The molecule has 9 nitrogen and oxygen atoms in total. The third kappa shape index (κ3) is 4.40. The Morgan fingerprint density at radius 1 is 1.21 bits per heavy atom. The highest BCUT2D eigenvalue weighted by molar-refractivity contribution is 5.85. The number of halogens is 2. The van der Waals surface area contributed by atoms with Gasteiger partial charge in [0.1, 0.15) is 28.8 Å². The van der Waals surface area contributed by atoms with Crippen LogP contribution in [0, 0.1) is 11.6 Å². The van der Waals surface area contributed by atoms with E-state index >= 15 is 0 Å². The van der Waals surface area contributed by atoms with Crippen molar-refractivity contribution in [1.82, 2.24) is 24.8 Å². The van der Waals surface area contributed by atoms with Gasteiger partial charge in [-0.3, -0.25) is 19.6 Å². The van der Waals surface area contributed by atoms with Crippen molar-refractivity contribution in [1.29, 1.82) is 0 Å². The molecule has 174 valence electrons. The zero-order valence-electron chi connectivity index (χ0n) is 17.8. The summed E-state index contributed by atoms with van der Waals surface area (Å²) in [6, 6.07) is 5.70. The number of aromatic nitrogens is 4. The fourth-order valence-corrected chi connectivity index (χ4v) is 3.71. The maximum absolute atomic E-state index is 14.2. The molecule has 0 radical (unpaired) electrons. The van der Waals surface area contributed by atoms with Crippen LogP contribution in [0.15, 0.2) is 64.6 Å². The Morgan fingerprint density at radius 3 is 2.65 bits per heavy atom. The van der Waals surface area contributed by atoms with E-state index in [1.165, 1.54) is 37.5 Å². The number of amides is 1. The Kier molecular flexibility index (Phi) is 6.17. The number of pyridine rings is 2. The molecule has 0 saturated heterocycles. The highest BCUT2D eigenvalue weighted by atomic mass is 19.1. The van der Waals surface area contributed by atoms with E-state index in [1.54, 1.807) is 12.1 Å². The number of aromatic amines is 1. The van der Waals surface area contributed by atoms with E-state index in [0.717, 1.165) is 6.20 Å². The Bertz CT molecular complexity index is 1490. The second-order valence-electron chi connectivity index (χ2n) is 7.63. The number of hydrogen-bond donors (Lipinski definition) is 3. The van der Waals surface area contributed by atoms with Crippen LogP contribution in [0.25, 0.3) is 10.9 Å². The van der Waals surface area contributed by atoms with E-state index in [9.17, 15) is 28.3 Å². The van der Waals surface area contributed by atoms with Gasteiger partial charge in [0.25, 0.3) is 5.56 Å². The summed E-state index contributed by atoms with van der Waals surface area (Å²) in [6.45, 7) is 1.43. The second-order valence-corrected chi connectivity index (χ2v) is 7.63. The molecular formula is C23H19F2N5O4. The molecule has 0 unspecified atom stereocenters. The lowest BCUT2D eigenvalue weighted by atomic mass is 10.0. The predicted molar refractivity (Wildman–Crippen MR) is 118 cm³/mol. The monoisotopic (exact) mass is 467 g/mol.